The lowest BCUT2D eigenvalue weighted by Gasteiger charge is -2.53. The first kappa shape index (κ1) is 17.9. The van der Waals surface area contributed by atoms with Gasteiger partial charge in [0.05, 0.1) is 0 Å². The van der Waals surface area contributed by atoms with Crippen molar-refractivity contribution in [1.82, 2.24) is 10.2 Å². The van der Waals surface area contributed by atoms with E-state index in [9.17, 15) is 0 Å². The lowest BCUT2D eigenvalue weighted by molar-refractivity contribution is -0.000373. The fourth-order valence-electron chi connectivity index (χ4n) is 3.11. The van der Waals surface area contributed by atoms with Crippen LogP contribution in [0.4, 0.5) is 0 Å². The number of piperidine rings is 1. The molecular formula is C16H36N2. The molecule has 2 nitrogen and oxygen atoms in total. The van der Waals surface area contributed by atoms with Gasteiger partial charge in [0.2, 0.25) is 0 Å². The van der Waals surface area contributed by atoms with Gasteiger partial charge in [-0.3, -0.25) is 0 Å². The van der Waals surface area contributed by atoms with Gasteiger partial charge in [-0.25, -0.2) is 0 Å². The van der Waals surface area contributed by atoms with Crippen LogP contribution in [0.5, 0.6) is 0 Å². The Labute approximate surface area is 116 Å². The molecule has 1 spiro atoms. The van der Waals surface area contributed by atoms with Crippen LogP contribution in [0.3, 0.4) is 0 Å². The van der Waals surface area contributed by atoms with Crippen molar-refractivity contribution < 1.29 is 0 Å². The minimum absolute atomic E-state index is 0.735. The van der Waals surface area contributed by atoms with E-state index in [1.54, 1.807) is 0 Å². The molecule has 2 rings (SSSR count). The zero-order valence-electron chi connectivity index (χ0n) is 13.8. The maximum atomic E-state index is 3.39. The Morgan fingerprint density at radius 3 is 1.78 bits per heavy atom. The summed E-state index contributed by atoms with van der Waals surface area (Å²) in [6.45, 7) is 15.3. The first-order valence-corrected chi connectivity index (χ1v) is 8.06. The Bertz CT molecular complexity index is 185. The summed E-state index contributed by atoms with van der Waals surface area (Å²) >= 11 is 0. The summed E-state index contributed by atoms with van der Waals surface area (Å²) in [7, 11) is 2.10. The molecular weight excluding hydrogens is 220 g/mol. The van der Waals surface area contributed by atoms with Gasteiger partial charge in [0.15, 0.2) is 0 Å². The van der Waals surface area contributed by atoms with Crippen LogP contribution in [-0.2, 0) is 0 Å². The molecule has 1 N–H and O–H groups in total. The van der Waals surface area contributed by atoms with E-state index < -0.39 is 0 Å². The summed E-state index contributed by atoms with van der Waals surface area (Å²) in [5, 5.41) is 3.39. The Balaban J connectivity index is 0.000000659. The van der Waals surface area contributed by atoms with Crippen molar-refractivity contribution in [1.29, 1.82) is 0 Å². The number of nitrogens with zero attached hydrogens (tertiary/aromatic N) is 1. The summed E-state index contributed by atoms with van der Waals surface area (Å²) in [6.07, 6.45) is 5.72. The molecule has 1 aliphatic heterocycles. The molecule has 2 aliphatic rings. The van der Waals surface area contributed by atoms with Crippen LogP contribution in [0.25, 0.3) is 0 Å². The van der Waals surface area contributed by atoms with Gasteiger partial charge in [-0.1, -0.05) is 27.7 Å². The number of hydrogen-bond donors (Lipinski definition) is 1. The van der Waals surface area contributed by atoms with Gasteiger partial charge in [-0.05, 0) is 65.1 Å². The summed E-state index contributed by atoms with van der Waals surface area (Å²) in [5.74, 6) is 0. The van der Waals surface area contributed by atoms with Gasteiger partial charge in [0, 0.05) is 12.1 Å². The molecule has 0 unspecified atom stereocenters. The molecule has 1 saturated carbocycles. The predicted molar refractivity (Wildman–Crippen MR) is 83.2 cm³/mol. The van der Waals surface area contributed by atoms with Gasteiger partial charge in [-0.15, -0.1) is 0 Å². The van der Waals surface area contributed by atoms with Gasteiger partial charge >= 0.3 is 0 Å². The van der Waals surface area contributed by atoms with Crippen molar-refractivity contribution in [2.45, 2.75) is 79.3 Å². The average Bonchev–Trinajstić information content (AvgIpc) is 2.40. The smallest absolute Gasteiger partial charge is 0.00746 e. The van der Waals surface area contributed by atoms with Crippen molar-refractivity contribution in [3.05, 3.63) is 0 Å². The Morgan fingerprint density at radius 1 is 1.00 bits per heavy atom. The molecule has 2 heteroatoms. The van der Waals surface area contributed by atoms with Gasteiger partial charge < -0.3 is 10.2 Å². The number of likely N-dealkylation sites (tertiary alicyclic amines) is 1. The highest BCUT2D eigenvalue weighted by Gasteiger charge is 2.45. The van der Waals surface area contributed by atoms with Crippen molar-refractivity contribution >= 4 is 0 Å². The highest BCUT2D eigenvalue weighted by molar-refractivity contribution is 5.00. The predicted octanol–water partition coefficient (Wildman–Crippen LogP) is 3.91. The van der Waals surface area contributed by atoms with Crippen molar-refractivity contribution in [2.75, 3.05) is 20.1 Å². The van der Waals surface area contributed by atoms with E-state index >= 15 is 0 Å². The molecule has 0 aromatic heterocycles. The maximum absolute atomic E-state index is 3.39. The average molecular weight is 256 g/mol. The molecule has 0 amide bonds. The molecule has 110 valence electrons. The third kappa shape index (κ3) is 4.55. The molecule has 1 saturated heterocycles. The second-order valence-corrected chi connectivity index (χ2v) is 5.52. The second-order valence-electron chi connectivity index (χ2n) is 5.52. The summed E-state index contributed by atoms with van der Waals surface area (Å²) in [5.41, 5.74) is 0.735. The van der Waals surface area contributed by atoms with E-state index in [0.717, 1.165) is 17.5 Å². The quantitative estimate of drug-likeness (QED) is 0.806. The number of nitrogens with one attached hydrogen (secondary N) is 1. The topological polar surface area (TPSA) is 15.3 Å². The highest BCUT2D eigenvalue weighted by Crippen LogP contribution is 2.49. The molecule has 0 aromatic carbocycles. The first-order chi connectivity index (χ1) is 8.65. The molecule has 0 aromatic rings. The van der Waals surface area contributed by atoms with Gasteiger partial charge in [-0.2, -0.15) is 0 Å². The lowest BCUT2D eigenvalue weighted by Crippen LogP contribution is -2.53. The van der Waals surface area contributed by atoms with E-state index in [1.807, 2.05) is 27.7 Å². The Morgan fingerprint density at radius 2 is 1.44 bits per heavy atom. The van der Waals surface area contributed by atoms with Crippen LogP contribution >= 0.6 is 0 Å². The molecule has 1 aliphatic carbocycles. The first-order valence-electron chi connectivity index (χ1n) is 8.06. The molecule has 18 heavy (non-hydrogen) atoms. The highest BCUT2D eigenvalue weighted by atomic mass is 15.2. The fraction of sp³-hybridized carbons (Fsp3) is 1.00. The van der Waals surface area contributed by atoms with Crippen LogP contribution in [0.15, 0.2) is 0 Å². The molecule has 2 fully saturated rings. The third-order valence-corrected chi connectivity index (χ3v) is 4.36. The largest absolute Gasteiger partial charge is 0.317 e. The number of rotatable bonds is 2. The molecule has 1 heterocycles. The minimum atomic E-state index is 0.735. The minimum Gasteiger partial charge on any atom is -0.317 e. The maximum Gasteiger partial charge on any atom is 0.00746 e. The Hall–Kier alpha value is -0.0800. The Kier molecular flexibility index (Phi) is 8.89. The lowest BCUT2D eigenvalue weighted by atomic mass is 9.60. The van der Waals surface area contributed by atoms with Crippen molar-refractivity contribution in [2.24, 2.45) is 5.41 Å². The summed E-state index contributed by atoms with van der Waals surface area (Å²) < 4.78 is 0. The zero-order chi connectivity index (χ0) is 14.2. The second kappa shape index (κ2) is 8.92. The van der Waals surface area contributed by atoms with Crippen LogP contribution in [0, 0.1) is 5.41 Å². The van der Waals surface area contributed by atoms with E-state index in [4.69, 9.17) is 0 Å². The van der Waals surface area contributed by atoms with Gasteiger partial charge in [0.25, 0.3) is 0 Å². The number of hydrogen-bond acceptors (Lipinski definition) is 2. The van der Waals surface area contributed by atoms with Crippen LogP contribution in [-0.4, -0.2) is 37.1 Å². The molecule has 0 bridgehead atoms. The van der Waals surface area contributed by atoms with Crippen LogP contribution < -0.4 is 5.32 Å². The monoisotopic (exact) mass is 256 g/mol. The SMILES string of the molecule is CC.CC.CNC1CC2(CCN(C(C)C)CC2)C1. The van der Waals surface area contributed by atoms with E-state index in [0.29, 0.717) is 0 Å². The van der Waals surface area contributed by atoms with E-state index in [-0.39, 0.29) is 0 Å². The standard InChI is InChI=1S/C12H24N2.2C2H6/c1-10(2)14-6-4-12(5-7-14)8-11(9-12)13-3;2*1-2/h10-11,13H,4-9H2,1-3H3;2*1-2H3. The van der Waals surface area contributed by atoms with E-state index in [1.165, 1.54) is 38.8 Å². The van der Waals surface area contributed by atoms with Gasteiger partial charge in [0.1, 0.15) is 0 Å². The van der Waals surface area contributed by atoms with Crippen molar-refractivity contribution in [3.63, 3.8) is 0 Å². The molecule has 0 radical (unpaired) electrons. The summed E-state index contributed by atoms with van der Waals surface area (Å²) in [6, 6.07) is 1.56. The fourth-order valence-corrected chi connectivity index (χ4v) is 3.11. The van der Waals surface area contributed by atoms with Crippen LogP contribution in [0.2, 0.25) is 0 Å². The third-order valence-electron chi connectivity index (χ3n) is 4.36. The van der Waals surface area contributed by atoms with Crippen molar-refractivity contribution in [3.8, 4) is 0 Å². The molecule has 0 atom stereocenters. The van der Waals surface area contributed by atoms with Crippen LogP contribution in [0.1, 0.15) is 67.2 Å². The summed E-state index contributed by atoms with van der Waals surface area (Å²) in [4.78, 5) is 2.62. The normalized spacial score (nSPS) is 22.7. The van der Waals surface area contributed by atoms with E-state index in [2.05, 4.69) is 31.1 Å². The zero-order valence-corrected chi connectivity index (χ0v) is 13.8.